The van der Waals surface area contributed by atoms with Crippen molar-refractivity contribution >= 4 is 33.2 Å². The molecule has 2 atom stereocenters. The van der Waals surface area contributed by atoms with Crippen molar-refractivity contribution in [3.05, 3.63) is 27.7 Å². The van der Waals surface area contributed by atoms with E-state index in [1.54, 1.807) is 6.07 Å². The maximum Gasteiger partial charge on any atom is 0.242 e. The highest BCUT2D eigenvalue weighted by Crippen LogP contribution is 2.32. The molecule has 2 unspecified atom stereocenters. The third-order valence-corrected chi connectivity index (χ3v) is 6.26. The third-order valence-electron chi connectivity index (χ3n) is 3.84. The quantitative estimate of drug-likeness (QED) is 0.870. The van der Waals surface area contributed by atoms with Crippen LogP contribution in [-0.2, 0) is 21.3 Å². The second kappa shape index (κ2) is 6.02. The van der Waals surface area contributed by atoms with Gasteiger partial charge in [0, 0.05) is 18.2 Å². The Bertz CT molecular complexity index is 651. The van der Waals surface area contributed by atoms with Crippen LogP contribution in [0.1, 0.15) is 25.8 Å². The van der Waals surface area contributed by atoms with Gasteiger partial charge in [0.2, 0.25) is 10.0 Å². The molecule has 3 N–H and O–H groups in total. The van der Waals surface area contributed by atoms with Crippen LogP contribution in [0.2, 0.25) is 10.0 Å². The molecular formula is C13H18Cl2N2O3S. The lowest BCUT2D eigenvalue weighted by Gasteiger charge is -2.28. The van der Waals surface area contributed by atoms with Gasteiger partial charge in [-0.1, -0.05) is 23.2 Å². The number of halogens is 2. The first kappa shape index (κ1) is 17.0. The maximum atomic E-state index is 12.6. The summed E-state index contributed by atoms with van der Waals surface area (Å²) in [5, 5.41) is 0.380. The van der Waals surface area contributed by atoms with Gasteiger partial charge < -0.3 is 10.5 Å². The smallest absolute Gasteiger partial charge is 0.242 e. The summed E-state index contributed by atoms with van der Waals surface area (Å²) in [5.74, 6) is 0. The van der Waals surface area contributed by atoms with Crippen molar-refractivity contribution in [3.63, 3.8) is 0 Å². The molecule has 1 saturated heterocycles. The number of ether oxygens (including phenoxy) is 1. The van der Waals surface area contributed by atoms with Crippen LogP contribution in [0.4, 0.5) is 0 Å². The topological polar surface area (TPSA) is 81.4 Å². The molecule has 0 saturated carbocycles. The molecule has 5 nitrogen and oxygen atoms in total. The molecule has 1 aliphatic rings. The molecule has 1 fully saturated rings. The first-order valence-electron chi connectivity index (χ1n) is 6.53. The summed E-state index contributed by atoms with van der Waals surface area (Å²) in [7, 11) is -3.82. The fourth-order valence-electron chi connectivity index (χ4n) is 2.29. The van der Waals surface area contributed by atoms with Crippen LogP contribution in [0.15, 0.2) is 17.0 Å². The van der Waals surface area contributed by atoms with Crippen molar-refractivity contribution in [1.29, 1.82) is 0 Å². The molecule has 0 radical (unpaired) electrons. The Labute approximate surface area is 134 Å². The minimum absolute atomic E-state index is 0.0579. The van der Waals surface area contributed by atoms with E-state index < -0.39 is 15.6 Å². The second-order valence-electron chi connectivity index (χ2n) is 5.37. The normalized spacial score (nSPS) is 26.2. The number of rotatable bonds is 4. The Hall–Kier alpha value is -0.370. The van der Waals surface area contributed by atoms with Gasteiger partial charge in [0.05, 0.1) is 16.7 Å². The summed E-state index contributed by atoms with van der Waals surface area (Å²) in [4.78, 5) is -0.0579. The van der Waals surface area contributed by atoms with E-state index in [-0.39, 0.29) is 27.6 Å². The molecule has 0 amide bonds. The van der Waals surface area contributed by atoms with Crippen molar-refractivity contribution < 1.29 is 13.2 Å². The van der Waals surface area contributed by atoms with Gasteiger partial charge in [-0.05, 0) is 38.0 Å². The number of hydrogen-bond acceptors (Lipinski definition) is 4. The van der Waals surface area contributed by atoms with Crippen molar-refractivity contribution in [3.8, 4) is 0 Å². The van der Waals surface area contributed by atoms with Crippen LogP contribution in [0, 0.1) is 0 Å². The monoisotopic (exact) mass is 352 g/mol. The number of benzene rings is 1. The first-order chi connectivity index (χ1) is 9.69. The fraction of sp³-hybridized carbons (Fsp3) is 0.538. The third kappa shape index (κ3) is 3.36. The van der Waals surface area contributed by atoms with E-state index in [4.69, 9.17) is 33.7 Å². The van der Waals surface area contributed by atoms with E-state index in [1.807, 2.05) is 13.8 Å². The largest absolute Gasteiger partial charge is 0.376 e. The Kier molecular flexibility index (Phi) is 4.87. The lowest BCUT2D eigenvalue weighted by Crippen LogP contribution is -2.50. The van der Waals surface area contributed by atoms with E-state index in [0.717, 1.165) is 0 Å². The zero-order valence-corrected chi connectivity index (χ0v) is 14.1. The van der Waals surface area contributed by atoms with Gasteiger partial charge in [-0.3, -0.25) is 0 Å². The lowest BCUT2D eigenvalue weighted by molar-refractivity contribution is 0.0957. The van der Waals surface area contributed by atoms with E-state index in [2.05, 4.69) is 4.72 Å². The first-order valence-corrected chi connectivity index (χ1v) is 8.77. The molecule has 21 heavy (non-hydrogen) atoms. The standard InChI is InChI=1S/C13H18Cl2N2O3S/c1-8-13(2,3-4-20-8)17-21(18,19)11-6-10(14)5-9(7-16)12(11)15/h5-6,8,17H,3-4,7,16H2,1-2H3. The maximum absolute atomic E-state index is 12.6. The lowest BCUT2D eigenvalue weighted by atomic mass is 9.97. The van der Waals surface area contributed by atoms with Gasteiger partial charge in [-0.15, -0.1) is 0 Å². The Balaban J connectivity index is 2.43. The van der Waals surface area contributed by atoms with E-state index in [9.17, 15) is 8.42 Å². The Morgan fingerprint density at radius 2 is 2.14 bits per heavy atom. The van der Waals surface area contributed by atoms with E-state index >= 15 is 0 Å². The fourth-order valence-corrected chi connectivity index (χ4v) is 4.73. The summed E-state index contributed by atoms with van der Waals surface area (Å²) < 4.78 is 33.4. The predicted molar refractivity (Wildman–Crippen MR) is 83.1 cm³/mol. The van der Waals surface area contributed by atoms with E-state index in [0.29, 0.717) is 18.6 Å². The second-order valence-corrected chi connectivity index (χ2v) is 7.83. The van der Waals surface area contributed by atoms with Gasteiger partial charge >= 0.3 is 0 Å². The average molecular weight is 353 g/mol. The Morgan fingerprint density at radius 1 is 1.48 bits per heavy atom. The molecule has 1 aromatic carbocycles. The molecule has 8 heteroatoms. The molecular weight excluding hydrogens is 335 g/mol. The summed E-state index contributed by atoms with van der Waals surface area (Å²) in [6.45, 7) is 4.27. The van der Waals surface area contributed by atoms with Gasteiger partial charge in [0.1, 0.15) is 4.90 Å². The molecule has 0 aliphatic carbocycles. The van der Waals surface area contributed by atoms with Crippen LogP contribution in [0.3, 0.4) is 0 Å². The summed E-state index contributed by atoms with van der Waals surface area (Å²) in [5.41, 5.74) is 5.38. The molecule has 0 aromatic heterocycles. The molecule has 118 valence electrons. The Morgan fingerprint density at radius 3 is 2.67 bits per heavy atom. The predicted octanol–water partition coefficient (Wildman–Crippen LogP) is 2.30. The molecule has 0 bridgehead atoms. The van der Waals surface area contributed by atoms with Crippen molar-refractivity contribution in [2.45, 2.75) is 43.4 Å². The number of nitrogens with two attached hydrogens (primary N) is 1. The average Bonchev–Trinajstić information content (AvgIpc) is 2.70. The van der Waals surface area contributed by atoms with Crippen molar-refractivity contribution in [1.82, 2.24) is 4.72 Å². The van der Waals surface area contributed by atoms with Crippen LogP contribution < -0.4 is 10.5 Å². The summed E-state index contributed by atoms with van der Waals surface area (Å²) in [6.07, 6.45) is 0.370. The van der Waals surface area contributed by atoms with E-state index in [1.165, 1.54) is 6.07 Å². The minimum Gasteiger partial charge on any atom is -0.376 e. The summed E-state index contributed by atoms with van der Waals surface area (Å²) >= 11 is 12.1. The zero-order valence-electron chi connectivity index (χ0n) is 11.8. The number of nitrogens with one attached hydrogen (secondary N) is 1. The molecule has 1 heterocycles. The van der Waals surface area contributed by atoms with Gasteiger partial charge in [-0.25, -0.2) is 13.1 Å². The van der Waals surface area contributed by atoms with Crippen LogP contribution in [0.25, 0.3) is 0 Å². The molecule has 2 rings (SSSR count). The van der Waals surface area contributed by atoms with Gasteiger partial charge in [0.25, 0.3) is 0 Å². The molecule has 1 aromatic rings. The highest BCUT2D eigenvalue weighted by Gasteiger charge is 2.41. The van der Waals surface area contributed by atoms with Crippen molar-refractivity contribution in [2.75, 3.05) is 6.61 Å². The van der Waals surface area contributed by atoms with Crippen molar-refractivity contribution in [2.24, 2.45) is 5.73 Å². The molecule has 0 spiro atoms. The van der Waals surface area contributed by atoms with Crippen LogP contribution in [-0.4, -0.2) is 26.7 Å². The highest BCUT2D eigenvalue weighted by atomic mass is 35.5. The number of sulfonamides is 1. The highest BCUT2D eigenvalue weighted by molar-refractivity contribution is 7.89. The number of hydrogen-bond donors (Lipinski definition) is 2. The van der Waals surface area contributed by atoms with Gasteiger partial charge in [-0.2, -0.15) is 0 Å². The zero-order chi connectivity index (χ0) is 15.8. The van der Waals surface area contributed by atoms with Crippen LogP contribution >= 0.6 is 23.2 Å². The molecule has 1 aliphatic heterocycles. The SMILES string of the molecule is CC1OCCC1(C)NS(=O)(=O)c1cc(Cl)cc(CN)c1Cl. The van der Waals surface area contributed by atoms with Crippen LogP contribution in [0.5, 0.6) is 0 Å². The minimum atomic E-state index is -3.82. The van der Waals surface area contributed by atoms with Gasteiger partial charge in [0.15, 0.2) is 0 Å². The summed E-state index contributed by atoms with van der Waals surface area (Å²) in [6, 6.07) is 2.89.